The molecule has 2 aromatic rings. The van der Waals surface area contributed by atoms with Crippen molar-refractivity contribution in [1.82, 2.24) is 14.8 Å². The number of aromatic amines is 1. The Kier molecular flexibility index (Phi) is 2.91. The van der Waals surface area contributed by atoms with E-state index in [1.54, 1.807) is 0 Å². The van der Waals surface area contributed by atoms with Crippen LogP contribution in [0.1, 0.15) is 49.9 Å². The highest BCUT2D eigenvalue weighted by atomic mass is 32.1. The molecule has 4 aliphatic carbocycles. The van der Waals surface area contributed by atoms with Crippen molar-refractivity contribution in [3.63, 3.8) is 0 Å². The van der Waals surface area contributed by atoms with Crippen LogP contribution in [-0.2, 0) is 5.41 Å². The average Bonchev–Trinajstić information content (AvgIpc) is 2.89. The fourth-order valence-electron chi connectivity index (χ4n) is 6.08. The van der Waals surface area contributed by atoms with E-state index in [1.807, 2.05) is 0 Å². The van der Waals surface area contributed by atoms with Crippen molar-refractivity contribution in [3.8, 4) is 5.69 Å². The molecule has 0 unspecified atom stereocenters. The summed E-state index contributed by atoms with van der Waals surface area (Å²) >= 11 is 5.61. The van der Waals surface area contributed by atoms with Gasteiger partial charge in [-0.25, -0.2) is 0 Å². The minimum atomic E-state index is 0.255. The van der Waals surface area contributed by atoms with Crippen molar-refractivity contribution >= 4 is 12.2 Å². The first-order valence-electron chi connectivity index (χ1n) is 8.88. The van der Waals surface area contributed by atoms with Crippen molar-refractivity contribution in [3.05, 3.63) is 40.4 Å². The number of hydrogen-bond donors (Lipinski definition) is 1. The van der Waals surface area contributed by atoms with Crippen molar-refractivity contribution in [2.75, 3.05) is 0 Å². The van der Waals surface area contributed by atoms with Crippen molar-refractivity contribution in [1.29, 1.82) is 0 Å². The summed E-state index contributed by atoms with van der Waals surface area (Å²) < 4.78 is 2.97. The summed E-state index contributed by atoms with van der Waals surface area (Å²) in [5.41, 5.74) is 2.71. The van der Waals surface area contributed by atoms with Gasteiger partial charge >= 0.3 is 0 Å². The van der Waals surface area contributed by atoms with Crippen LogP contribution in [0, 0.1) is 29.4 Å². The fraction of sp³-hybridized carbons (Fsp3) is 0.579. The predicted molar refractivity (Wildman–Crippen MR) is 93.3 cm³/mol. The van der Waals surface area contributed by atoms with Crippen LogP contribution in [0.3, 0.4) is 0 Å². The van der Waals surface area contributed by atoms with Crippen LogP contribution in [0.4, 0.5) is 0 Å². The van der Waals surface area contributed by atoms with Crippen LogP contribution in [0.15, 0.2) is 24.3 Å². The Labute approximate surface area is 142 Å². The van der Waals surface area contributed by atoms with Gasteiger partial charge in [0.2, 0.25) is 0 Å². The molecule has 0 spiro atoms. The van der Waals surface area contributed by atoms with Gasteiger partial charge in [-0.15, -0.1) is 0 Å². The lowest BCUT2D eigenvalue weighted by molar-refractivity contribution is -0.0102. The van der Waals surface area contributed by atoms with Crippen LogP contribution >= 0.6 is 12.2 Å². The summed E-state index contributed by atoms with van der Waals surface area (Å²) in [6, 6.07) is 8.52. The number of nitrogens with zero attached hydrogens (tertiary/aromatic N) is 2. The van der Waals surface area contributed by atoms with Gasteiger partial charge in [0.1, 0.15) is 5.82 Å². The highest BCUT2D eigenvalue weighted by Gasteiger charge is 2.53. The molecule has 4 fully saturated rings. The molecule has 4 heteroatoms. The van der Waals surface area contributed by atoms with Crippen molar-refractivity contribution in [2.45, 2.75) is 50.9 Å². The maximum absolute atomic E-state index is 5.61. The number of rotatable bonds is 2. The van der Waals surface area contributed by atoms with Crippen LogP contribution in [0.5, 0.6) is 0 Å². The zero-order valence-corrected chi connectivity index (χ0v) is 14.4. The number of H-pyrrole nitrogens is 1. The molecule has 0 saturated heterocycles. The first-order chi connectivity index (χ1) is 11.1. The number of aryl methyl sites for hydroxylation is 1. The normalized spacial score (nSPS) is 34.9. The Morgan fingerprint density at radius 3 is 2.30 bits per heavy atom. The predicted octanol–water partition coefficient (Wildman–Crippen LogP) is 4.71. The molecule has 1 heterocycles. The summed E-state index contributed by atoms with van der Waals surface area (Å²) in [5.74, 6) is 3.95. The van der Waals surface area contributed by atoms with Crippen LogP contribution in [0.2, 0.25) is 0 Å². The third kappa shape index (κ3) is 2.00. The molecular weight excluding hydrogens is 302 g/mol. The second-order valence-electron chi connectivity index (χ2n) is 8.17. The molecule has 0 aliphatic heterocycles. The number of hydrogen-bond acceptors (Lipinski definition) is 2. The van der Waals surface area contributed by atoms with E-state index in [4.69, 9.17) is 17.3 Å². The van der Waals surface area contributed by atoms with Gasteiger partial charge in [0, 0.05) is 5.41 Å². The summed E-state index contributed by atoms with van der Waals surface area (Å²) in [6.07, 6.45) is 8.29. The summed E-state index contributed by atoms with van der Waals surface area (Å²) in [5, 5.41) is 7.87. The third-order valence-corrected chi connectivity index (χ3v) is 6.82. The molecule has 4 saturated carbocycles. The first kappa shape index (κ1) is 14.0. The maximum atomic E-state index is 5.61. The highest BCUT2D eigenvalue weighted by molar-refractivity contribution is 7.71. The van der Waals surface area contributed by atoms with Crippen LogP contribution in [0.25, 0.3) is 5.69 Å². The Balaban J connectivity index is 1.68. The van der Waals surface area contributed by atoms with Gasteiger partial charge in [-0.3, -0.25) is 9.67 Å². The van der Waals surface area contributed by atoms with Gasteiger partial charge in [0.25, 0.3) is 0 Å². The highest BCUT2D eigenvalue weighted by Crippen LogP contribution is 2.60. The fourth-order valence-corrected chi connectivity index (χ4v) is 6.31. The maximum Gasteiger partial charge on any atom is 0.199 e. The molecule has 0 amide bonds. The van der Waals surface area contributed by atoms with Crippen molar-refractivity contribution in [2.24, 2.45) is 17.8 Å². The Morgan fingerprint density at radius 1 is 1.09 bits per heavy atom. The molecule has 1 aromatic carbocycles. The number of benzene rings is 1. The number of aromatic nitrogens is 3. The van der Waals surface area contributed by atoms with E-state index in [0.717, 1.165) is 22.5 Å². The average molecular weight is 325 g/mol. The smallest absolute Gasteiger partial charge is 0.199 e. The van der Waals surface area contributed by atoms with Gasteiger partial charge in [0.15, 0.2) is 4.77 Å². The van der Waals surface area contributed by atoms with Gasteiger partial charge in [-0.2, -0.15) is 5.10 Å². The molecule has 3 nitrogen and oxygen atoms in total. The minimum absolute atomic E-state index is 0.255. The first-order valence-corrected chi connectivity index (χ1v) is 9.29. The van der Waals surface area contributed by atoms with Crippen LogP contribution in [-0.4, -0.2) is 14.8 Å². The van der Waals surface area contributed by atoms with E-state index >= 15 is 0 Å². The van der Waals surface area contributed by atoms with E-state index in [0.29, 0.717) is 0 Å². The van der Waals surface area contributed by atoms with E-state index in [-0.39, 0.29) is 5.41 Å². The number of para-hydroxylation sites is 1. The van der Waals surface area contributed by atoms with Crippen molar-refractivity contribution < 1.29 is 0 Å². The van der Waals surface area contributed by atoms with E-state index in [9.17, 15) is 0 Å². The molecule has 0 radical (unpaired) electrons. The van der Waals surface area contributed by atoms with Gasteiger partial charge < -0.3 is 0 Å². The van der Waals surface area contributed by atoms with Gasteiger partial charge in [-0.05, 0) is 87.1 Å². The van der Waals surface area contributed by atoms with E-state index in [1.165, 1.54) is 55.6 Å². The summed E-state index contributed by atoms with van der Waals surface area (Å²) in [6.45, 7) is 2.16. The SMILES string of the molecule is Cc1ccccc1-n1c(C23CC4CC(CC(C4)C2)C3)n[nH]c1=S. The van der Waals surface area contributed by atoms with Gasteiger partial charge in [-0.1, -0.05) is 18.2 Å². The van der Waals surface area contributed by atoms with E-state index < -0.39 is 0 Å². The quantitative estimate of drug-likeness (QED) is 0.812. The summed E-state index contributed by atoms with van der Waals surface area (Å²) in [4.78, 5) is 0. The largest absolute Gasteiger partial charge is 0.271 e. The van der Waals surface area contributed by atoms with Gasteiger partial charge in [0.05, 0.1) is 5.69 Å². The lowest BCUT2D eigenvalue weighted by atomic mass is 9.49. The second-order valence-corrected chi connectivity index (χ2v) is 8.56. The number of nitrogens with one attached hydrogen (secondary N) is 1. The molecule has 23 heavy (non-hydrogen) atoms. The standard InChI is InChI=1S/C19H23N3S/c1-12-4-2-3-5-16(12)22-17(20-21-18(22)23)19-9-13-6-14(10-19)8-15(7-13)11-19/h2-5,13-15H,6-11H2,1H3,(H,21,23). The molecule has 0 atom stereocenters. The van der Waals surface area contributed by atoms with Crippen LogP contribution < -0.4 is 0 Å². The Hall–Kier alpha value is -1.42. The molecule has 4 aliphatic rings. The summed E-state index contributed by atoms with van der Waals surface area (Å²) in [7, 11) is 0. The Bertz CT molecular complexity index is 781. The zero-order chi connectivity index (χ0) is 15.6. The lowest BCUT2D eigenvalue weighted by Gasteiger charge is -2.56. The monoisotopic (exact) mass is 325 g/mol. The third-order valence-electron chi connectivity index (χ3n) is 6.54. The van der Waals surface area contributed by atoms with E-state index in [2.05, 4.69) is 40.9 Å². The molecule has 120 valence electrons. The molecule has 6 rings (SSSR count). The second kappa shape index (κ2) is 4.79. The Morgan fingerprint density at radius 2 is 1.70 bits per heavy atom. The lowest BCUT2D eigenvalue weighted by Crippen LogP contribution is -2.49. The molecular formula is C19H23N3S. The minimum Gasteiger partial charge on any atom is -0.271 e. The molecule has 1 aromatic heterocycles. The molecule has 4 bridgehead atoms. The zero-order valence-electron chi connectivity index (χ0n) is 13.6. The molecule has 1 N–H and O–H groups in total. The topological polar surface area (TPSA) is 33.6 Å².